The fourth-order valence-corrected chi connectivity index (χ4v) is 1.85. The molecular weight excluding hydrogens is 233 g/mol. The monoisotopic (exact) mass is 247 g/mol. The maximum absolute atomic E-state index is 11.9. The minimum absolute atomic E-state index is 0. The summed E-state index contributed by atoms with van der Waals surface area (Å²) in [6.45, 7) is 2.26. The van der Waals surface area contributed by atoms with E-state index >= 15 is 0 Å². The fraction of sp³-hybridized carbons (Fsp3) is 0.636. The van der Waals surface area contributed by atoms with Gasteiger partial charge in [0.15, 0.2) is 0 Å². The zero-order chi connectivity index (χ0) is 11.7. The average Bonchev–Trinajstić information content (AvgIpc) is 3.02. The maximum Gasteiger partial charge on any atom is 1.00 e. The molecule has 0 radical (unpaired) electrons. The Kier molecular flexibility index (Phi) is 5.04. The second-order valence-electron chi connectivity index (χ2n) is 4.00. The van der Waals surface area contributed by atoms with Gasteiger partial charge in [-0.25, -0.2) is 4.79 Å². The number of carbonyl (C=O) groups excluding carboxylic acids is 2. The Morgan fingerprint density at radius 2 is 2.18 bits per heavy atom. The number of rotatable bonds is 3. The SMILES string of the molecule is CCOC(=O)C1=C([O-])CCN(C2CC2)C1=O.[Na+]. The number of nitrogens with zero attached hydrogens (tertiary/aromatic N) is 1. The van der Waals surface area contributed by atoms with Crippen molar-refractivity contribution >= 4 is 11.9 Å². The van der Waals surface area contributed by atoms with Gasteiger partial charge in [0.05, 0.1) is 6.61 Å². The molecule has 0 unspecified atom stereocenters. The van der Waals surface area contributed by atoms with Crippen LogP contribution in [0.3, 0.4) is 0 Å². The predicted molar refractivity (Wildman–Crippen MR) is 53.0 cm³/mol. The zero-order valence-corrected chi connectivity index (χ0v) is 12.2. The molecule has 1 amide bonds. The first-order valence-corrected chi connectivity index (χ1v) is 5.53. The number of amides is 1. The van der Waals surface area contributed by atoms with Gasteiger partial charge in [0.25, 0.3) is 5.91 Å². The van der Waals surface area contributed by atoms with Crippen LogP contribution in [0.2, 0.25) is 0 Å². The molecule has 2 aliphatic rings. The molecule has 1 aliphatic carbocycles. The Morgan fingerprint density at radius 1 is 1.53 bits per heavy atom. The largest absolute Gasteiger partial charge is 1.00 e. The molecule has 2 rings (SSSR count). The van der Waals surface area contributed by atoms with Gasteiger partial charge in [0.1, 0.15) is 5.57 Å². The van der Waals surface area contributed by atoms with Crippen molar-refractivity contribution in [3.8, 4) is 0 Å². The van der Waals surface area contributed by atoms with E-state index < -0.39 is 11.9 Å². The molecule has 0 spiro atoms. The molecule has 0 aromatic carbocycles. The fourth-order valence-electron chi connectivity index (χ4n) is 1.85. The van der Waals surface area contributed by atoms with Crippen molar-refractivity contribution in [1.82, 2.24) is 4.90 Å². The topological polar surface area (TPSA) is 69.7 Å². The summed E-state index contributed by atoms with van der Waals surface area (Å²) < 4.78 is 4.73. The second kappa shape index (κ2) is 5.89. The summed E-state index contributed by atoms with van der Waals surface area (Å²) in [5.74, 6) is -1.61. The molecule has 1 aliphatic heterocycles. The first-order valence-electron chi connectivity index (χ1n) is 5.53. The van der Waals surface area contributed by atoms with Crippen LogP contribution >= 0.6 is 0 Å². The van der Waals surface area contributed by atoms with Crippen LogP contribution in [0.1, 0.15) is 26.2 Å². The smallest absolute Gasteiger partial charge is 0.875 e. The summed E-state index contributed by atoms with van der Waals surface area (Å²) in [6.07, 6.45) is 2.17. The van der Waals surface area contributed by atoms with E-state index in [1.54, 1.807) is 11.8 Å². The van der Waals surface area contributed by atoms with E-state index in [1.165, 1.54) is 0 Å². The Bertz CT molecular complexity index is 362. The number of ether oxygens (including phenoxy) is 1. The van der Waals surface area contributed by atoms with Gasteiger partial charge < -0.3 is 14.7 Å². The average molecular weight is 247 g/mol. The summed E-state index contributed by atoms with van der Waals surface area (Å²) in [6, 6.07) is 0.227. The maximum atomic E-state index is 11.9. The van der Waals surface area contributed by atoms with Crippen LogP contribution in [0.25, 0.3) is 0 Å². The van der Waals surface area contributed by atoms with E-state index in [0.29, 0.717) is 6.54 Å². The third-order valence-corrected chi connectivity index (χ3v) is 2.80. The Morgan fingerprint density at radius 3 is 2.71 bits per heavy atom. The van der Waals surface area contributed by atoms with Crippen molar-refractivity contribution in [2.45, 2.75) is 32.2 Å². The van der Waals surface area contributed by atoms with E-state index in [0.717, 1.165) is 12.8 Å². The molecule has 5 nitrogen and oxygen atoms in total. The Labute approximate surface area is 122 Å². The van der Waals surface area contributed by atoms with Crippen molar-refractivity contribution in [3.63, 3.8) is 0 Å². The number of esters is 1. The third-order valence-electron chi connectivity index (χ3n) is 2.80. The van der Waals surface area contributed by atoms with Gasteiger partial charge in [-0.1, -0.05) is 0 Å². The van der Waals surface area contributed by atoms with E-state index in [4.69, 9.17) is 4.74 Å². The van der Waals surface area contributed by atoms with Crippen LogP contribution < -0.4 is 34.7 Å². The van der Waals surface area contributed by atoms with Gasteiger partial charge in [0, 0.05) is 12.6 Å². The molecule has 1 saturated carbocycles. The molecule has 88 valence electrons. The number of hydrogen-bond acceptors (Lipinski definition) is 4. The van der Waals surface area contributed by atoms with E-state index in [9.17, 15) is 14.7 Å². The molecule has 0 saturated heterocycles. The van der Waals surface area contributed by atoms with E-state index in [2.05, 4.69) is 0 Å². The minimum Gasteiger partial charge on any atom is -0.875 e. The van der Waals surface area contributed by atoms with Crippen molar-refractivity contribution < 1.29 is 49.0 Å². The van der Waals surface area contributed by atoms with Crippen molar-refractivity contribution in [1.29, 1.82) is 0 Å². The Balaban J connectivity index is 0.00000144. The van der Waals surface area contributed by atoms with Crippen LogP contribution in [0.5, 0.6) is 0 Å². The van der Waals surface area contributed by atoms with E-state index in [-0.39, 0.29) is 60.0 Å². The molecule has 0 atom stereocenters. The molecule has 0 aromatic rings. The van der Waals surface area contributed by atoms with Gasteiger partial charge >= 0.3 is 35.5 Å². The summed E-state index contributed by atoms with van der Waals surface area (Å²) >= 11 is 0. The standard InChI is InChI=1S/C11H15NO4.Na/c1-2-16-11(15)9-8(13)5-6-12(10(9)14)7-3-4-7;/h7,13H,2-6H2,1H3;/q;+1/p-1. The van der Waals surface area contributed by atoms with Crippen LogP contribution in [-0.4, -0.2) is 36.0 Å². The number of hydrogen-bond donors (Lipinski definition) is 0. The summed E-state index contributed by atoms with van der Waals surface area (Å²) in [5, 5.41) is 11.5. The first kappa shape index (κ1) is 14.5. The molecule has 1 heterocycles. The van der Waals surface area contributed by atoms with Crippen LogP contribution in [-0.2, 0) is 14.3 Å². The van der Waals surface area contributed by atoms with Gasteiger partial charge in [-0.2, -0.15) is 0 Å². The zero-order valence-electron chi connectivity index (χ0n) is 10.2. The van der Waals surface area contributed by atoms with Crippen LogP contribution in [0.15, 0.2) is 11.3 Å². The summed E-state index contributed by atoms with van der Waals surface area (Å²) in [5.41, 5.74) is -0.292. The van der Waals surface area contributed by atoms with E-state index in [1.807, 2.05) is 0 Å². The third kappa shape index (κ3) is 3.03. The molecule has 0 bridgehead atoms. The molecule has 1 fully saturated rings. The van der Waals surface area contributed by atoms with Crippen molar-refractivity contribution in [2.75, 3.05) is 13.2 Å². The van der Waals surface area contributed by atoms with Gasteiger partial charge in [0.2, 0.25) is 0 Å². The van der Waals surface area contributed by atoms with Crippen LogP contribution in [0.4, 0.5) is 0 Å². The second-order valence-corrected chi connectivity index (χ2v) is 4.00. The van der Waals surface area contributed by atoms with Gasteiger partial charge in [-0.05, 0) is 26.2 Å². The van der Waals surface area contributed by atoms with Crippen molar-refractivity contribution in [3.05, 3.63) is 11.3 Å². The molecule has 6 heteroatoms. The van der Waals surface area contributed by atoms with Gasteiger partial charge in [-0.15, -0.1) is 5.76 Å². The van der Waals surface area contributed by atoms with Crippen molar-refractivity contribution in [2.24, 2.45) is 0 Å². The van der Waals surface area contributed by atoms with Gasteiger partial charge in [-0.3, -0.25) is 4.79 Å². The molecule has 0 N–H and O–H groups in total. The normalized spacial score (nSPS) is 20.1. The quantitative estimate of drug-likeness (QED) is 0.296. The Hall–Kier alpha value is -0.520. The predicted octanol–water partition coefficient (Wildman–Crippen LogP) is -3.44. The minimum atomic E-state index is -0.775. The summed E-state index contributed by atoms with van der Waals surface area (Å²) in [4.78, 5) is 25.0. The molecule has 0 aromatic heterocycles. The van der Waals surface area contributed by atoms with Crippen LogP contribution in [0, 0.1) is 0 Å². The molecule has 17 heavy (non-hydrogen) atoms. The summed E-state index contributed by atoms with van der Waals surface area (Å²) in [7, 11) is 0. The number of carbonyl (C=O) groups is 2. The molecular formula is C11H14NNaO4. The first-order chi connectivity index (χ1) is 7.65.